The van der Waals surface area contributed by atoms with Crippen molar-refractivity contribution in [2.24, 2.45) is 0 Å². The number of carbonyl (C=O) groups is 1. The lowest BCUT2D eigenvalue weighted by Gasteiger charge is -2.43. The molecule has 0 N–H and O–H groups in total. The van der Waals surface area contributed by atoms with Gasteiger partial charge in [-0.3, -0.25) is 4.79 Å². The van der Waals surface area contributed by atoms with Crippen molar-refractivity contribution in [3.8, 4) is 0 Å². The molecule has 3 aliphatic rings. The molecule has 0 bridgehead atoms. The Balaban J connectivity index is 1.54. The molecule has 7 heteroatoms. The molecule has 1 aromatic heterocycles. The molecular formula is C15H20N4O3. The van der Waals surface area contributed by atoms with E-state index in [2.05, 4.69) is 19.8 Å². The molecule has 22 heavy (non-hydrogen) atoms. The van der Waals surface area contributed by atoms with Gasteiger partial charge in [0.05, 0.1) is 12.1 Å². The maximum absolute atomic E-state index is 12.4. The van der Waals surface area contributed by atoms with Crippen LogP contribution in [0.1, 0.15) is 12.8 Å². The average molecular weight is 304 g/mol. The minimum absolute atomic E-state index is 0.0457. The fourth-order valence-corrected chi connectivity index (χ4v) is 3.68. The second-order valence-corrected chi connectivity index (χ2v) is 6.02. The molecule has 4 rings (SSSR count). The minimum Gasteiger partial charge on any atom is -0.381 e. The van der Waals surface area contributed by atoms with E-state index in [1.165, 1.54) is 0 Å². The van der Waals surface area contributed by atoms with E-state index in [9.17, 15) is 4.79 Å². The summed E-state index contributed by atoms with van der Waals surface area (Å²) < 4.78 is 11.2. The third-order valence-electron chi connectivity index (χ3n) is 4.72. The van der Waals surface area contributed by atoms with E-state index in [1.54, 1.807) is 18.5 Å². The molecule has 7 nitrogen and oxygen atoms in total. The highest BCUT2D eigenvalue weighted by molar-refractivity contribution is 5.79. The zero-order valence-corrected chi connectivity index (χ0v) is 12.4. The first-order valence-corrected chi connectivity index (χ1v) is 7.85. The number of aromatic nitrogens is 2. The highest BCUT2D eigenvalue weighted by atomic mass is 16.5. The molecule has 0 spiro atoms. The molecule has 0 saturated carbocycles. The number of hydrogen-bond acceptors (Lipinski definition) is 6. The molecule has 118 valence electrons. The van der Waals surface area contributed by atoms with Crippen LogP contribution in [0.2, 0.25) is 0 Å². The maximum atomic E-state index is 12.4. The third kappa shape index (κ3) is 2.44. The van der Waals surface area contributed by atoms with Crippen molar-refractivity contribution in [1.29, 1.82) is 0 Å². The Morgan fingerprint density at radius 1 is 1.14 bits per heavy atom. The molecule has 3 fully saturated rings. The van der Waals surface area contributed by atoms with Crippen LogP contribution in [0.15, 0.2) is 18.5 Å². The molecule has 1 aromatic rings. The summed E-state index contributed by atoms with van der Waals surface area (Å²) in [5, 5.41) is 0. The van der Waals surface area contributed by atoms with Gasteiger partial charge >= 0.3 is 0 Å². The van der Waals surface area contributed by atoms with Crippen molar-refractivity contribution in [2.75, 3.05) is 37.8 Å². The largest absolute Gasteiger partial charge is 0.381 e. The Bertz CT molecular complexity index is 535. The monoisotopic (exact) mass is 304 g/mol. The Labute approximate surface area is 129 Å². The van der Waals surface area contributed by atoms with E-state index in [4.69, 9.17) is 9.47 Å². The van der Waals surface area contributed by atoms with Gasteiger partial charge in [0.15, 0.2) is 0 Å². The van der Waals surface area contributed by atoms with Crippen molar-refractivity contribution >= 4 is 11.9 Å². The molecule has 4 heterocycles. The van der Waals surface area contributed by atoms with E-state index in [-0.39, 0.29) is 30.7 Å². The number of morpholine rings is 1. The van der Waals surface area contributed by atoms with E-state index in [0.717, 1.165) is 39.1 Å². The standard InChI is InChI=1S/C15H20N4O3/c20-14-10-22-13-9-18(15-16-4-1-5-17-15)8-12(13)19(14)11-2-6-21-7-3-11/h1,4-5,11-13H,2-3,6-10H2/t12-,13-/m0/s1. The lowest BCUT2D eigenvalue weighted by molar-refractivity contribution is -0.159. The third-order valence-corrected chi connectivity index (χ3v) is 4.72. The van der Waals surface area contributed by atoms with Gasteiger partial charge in [0.25, 0.3) is 0 Å². The average Bonchev–Trinajstić information content (AvgIpc) is 3.00. The summed E-state index contributed by atoms with van der Waals surface area (Å²) in [6, 6.07) is 2.17. The van der Waals surface area contributed by atoms with Gasteiger partial charge in [-0.2, -0.15) is 0 Å². The van der Waals surface area contributed by atoms with Crippen LogP contribution >= 0.6 is 0 Å². The van der Waals surface area contributed by atoms with Crippen LogP contribution in [0.4, 0.5) is 5.95 Å². The smallest absolute Gasteiger partial charge is 0.249 e. The summed E-state index contributed by atoms with van der Waals surface area (Å²) >= 11 is 0. The van der Waals surface area contributed by atoms with Crippen molar-refractivity contribution in [3.05, 3.63) is 18.5 Å². The molecule has 3 saturated heterocycles. The summed E-state index contributed by atoms with van der Waals surface area (Å²) in [5.41, 5.74) is 0. The van der Waals surface area contributed by atoms with Gasteiger partial charge in [0.1, 0.15) is 6.61 Å². The van der Waals surface area contributed by atoms with Gasteiger partial charge in [0, 0.05) is 44.7 Å². The lowest BCUT2D eigenvalue weighted by atomic mass is 10.0. The summed E-state index contributed by atoms with van der Waals surface area (Å²) in [6.07, 6.45) is 5.36. The van der Waals surface area contributed by atoms with Crippen LogP contribution in [0.3, 0.4) is 0 Å². The number of fused-ring (bicyclic) bond motifs is 1. The van der Waals surface area contributed by atoms with Gasteiger partial charge in [-0.15, -0.1) is 0 Å². The molecule has 0 aromatic carbocycles. The molecular weight excluding hydrogens is 284 g/mol. The van der Waals surface area contributed by atoms with E-state index in [0.29, 0.717) is 5.95 Å². The molecule has 1 amide bonds. The second kappa shape index (κ2) is 5.81. The topological polar surface area (TPSA) is 67.8 Å². The highest BCUT2D eigenvalue weighted by Gasteiger charge is 2.46. The molecule has 2 atom stereocenters. The van der Waals surface area contributed by atoms with Crippen LogP contribution in [-0.2, 0) is 14.3 Å². The first-order chi connectivity index (χ1) is 10.8. The number of carbonyl (C=O) groups excluding carboxylic acids is 1. The van der Waals surface area contributed by atoms with Gasteiger partial charge in [-0.1, -0.05) is 0 Å². The summed E-state index contributed by atoms with van der Waals surface area (Å²) in [7, 11) is 0. The number of nitrogens with zero attached hydrogens (tertiary/aromatic N) is 4. The first kappa shape index (κ1) is 13.9. The van der Waals surface area contributed by atoms with Crippen LogP contribution in [-0.4, -0.2) is 71.9 Å². The number of rotatable bonds is 2. The number of hydrogen-bond donors (Lipinski definition) is 0. The summed E-state index contributed by atoms with van der Waals surface area (Å²) in [6.45, 7) is 3.12. The molecule has 0 unspecified atom stereocenters. The maximum Gasteiger partial charge on any atom is 0.249 e. The number of ether oxygens (including phenoxy) is 2. The summed E-state index contributed by atoms with van der Waals surface area (Å²) in [5.74, 6) is 0.809. The highest BCUT2D eigenvalue weighted by Crippen LogP contribution is 2.29. The van der Waals surface area contributed by atoms with Gasteiger partial charge in [-0.05, 0) is 18.9 Å². The molecule has 0 aliphatic carbocycles. The Morgan fingerprint density at radius 3 is 2.68 bits per heavy atom. The quantitative estimate of drug-likeness (QED) is 0.770. The molecule has 3 aliphatic heterocycles. The van der Waals surface area contributed by atoms with Crippen molar-refractivity contribution < 1.29 is 14.3 Å². The van der Waals surface area contributed by atoms with Crippen LogP contribution < -0.4 is 4.90 Å². The fourth-order valence-electron chi connectivity index (χ4n) is 3.68. The van der Waals surface area contributed by atoms with Gasteiger partial charge in [-0.25, -0.2) is 9.97 Å². The minimum atomic E-state index is 0.0457. The van der Waals surface area contributed by atoms with Crippen molar-refractivity contribution in [1.82, 2.24) is 14.9 Å². The zero-order valence-electron chi connectivity index (χ0n) is 12.4. The normalized spacial score (nSPS) is 29.7. The van der Waals surface area contributed by atoms with Crippen LogP contribution in [0, 0.1) is 0 Å². The zero-order chi connectivity index (χ0) is 14.9. The van der Waals surface area contributed by atoms with Gasteiger partial charge < -0.3 is 19.3 Å². The van der Waals surface area contributed by atoms with E-state index < -0.39 is 0 Å². The van der Waals surface area contributed by atoms with Crippen LogP contribution in [0.25, 0.3) is 0 Å². The lowest BCUT2D eigenvalue weighted by Crippen LogP contribution is -2.58. The SMILES string of the molecule is O=C1CO[C@H]2CN(c3ncccn3)C[C@@H]2N1C1CCOCC1. The van der Waals surface area contributed by atoms with Crippen molar-refractivity contribution in [2.45, 2.75) is 31.0 Å². The predicted octanol–water partition coefficient (Wildman–Crippen LogP) is 0.0716. The predicted molar refractivity (Wildman–Crippen MR) is 78.5 cm³/mol. The van der Waals surface area contributed by atoms with Gasteiger partial charge in [0.2, 0.25) is 11.9 Å². The van der Waals surface area contributed by atoms with Crippen molar-refractivity contribution in [3.63, 3.8) is 0 Å². The Hall–Kier alpha value is -1.73. The van der Waals surface area contributed by atoms with E-state index in [1.807, 2.05) is 0 Å². The first-order valence-electron chi connectivity index (χ1n) is 7.85. The molecule has 0 radical (unpaired) electrons. The Morgan fingerprint density at radius 2 is 1.91 bits per heavy atom. The fraction of sp³-hybridized carbons (Fsp3) is 0.667. The number of anilines is 1. The van der Waals surface area contributed by atoms with E-state index >= 15 is 0 Å². The van der Waals surface area contributed by atoms with Crippen LogP contribution in [0.5, 0.6) is 0 Å². The second-order valence-electron chi connectivity index (χ2n) is 6.02. The summed E-state index contributed by atoms with van der Waals surface area (Å²) in [4.78, 5) is 25.2. The Kier molecular flexibility index (Phi) is 3.67. The number of amides is 1.